The zero-order valence-corrected chi connectivity index (χ0v) is 22.4. The average molecular weight is 540 g/mol. The third-order valence-electron chi connectivity index (χ3n) is 5.77. The van der Waals surface area contributed by atoms with E-state index in [1.807, 2.05) is 18.7 Å². The Morgan fingerprint density at radius 2 is 1.91 bits per heavy atom. The number of nitrogens with zero attached hydrogens (tertiary/aromatic N) is 2. The van der Waals surface area contributed by atoms with E-state index in [0.717, 1.165) is 36.5 Å². The number of halogens is 2. The molecular formula is C25H32Cl2N4O3S. The van der Waals surface area contributed by atoms with Crippen LogP contribution in [0.4, 0.5) is 0 Å². The summed E-state index contributed by atoms with van der Waals surface area (Å²) in [5, 5.41) is 6.40. The molecule has 7 nitrogen and oxygen atoms in total. The largest absolute Gasteiger partial charge is 0.368 e. The van der Waals surface area contributed by atoms with Gasteiger partial charge in [-0.05, 0) is 50.9 Å². The van der Waals surface area contributed by atoms with Crippen LogP contribution < -0.4 is 10.6 Å². The third-order valence-corrected chi connectivity index (χ3v) is 8.30. The Balaban J connectivity index is 1.43. The number of nitrogens with one attached hydrogen (secondary N) is 2. The highest BCUT2D eigenvalue weighted by atomic mass is 35.5. The maximum Gasteiger partial charge on any atom is 0.222 e. The quantitative estimate of drug-likeness (QED) is 0.399. The van der Waals surface area contributed by atoms with E-state index in [-0.39, 0.29) is 32.8 Å². The van der Waals surface area contributed by atoms with E-state index in [1.165, 1.54) is 6.07 Å². The summed E-state index contributed by atoms with van der Waals surface area (Å²) in [6, 6.07) is 12.9. The van der Waals surface area contributed by atoms with Crippen LogP contribution in [0.1, 0.15) is 37.8 Å². The van der Waals surface area contributed by atoms with E-state index in [2.05, 4.69) is 39.9 Å². The zero-order valence-electron chi connectivity index (χ0n) is 20.1. The Labute approximate surface area is 217 Å². The van der Waals surface area contributed by atoms with Crippen molar-refractivity contribution < 1.29 is 13.2 Å². The topological polar surface area (TPSA) is 90.9 Å². The first kappa shape index (κ1) is 27.5. The first-order valence-corrected chi connectivity index (χ1v) is 14.1. The molecule has 0 fully saturated rings. The van der Waals surface area contributed by atoms with Gasteiger partial charge in [0.05, 0.1) is 21.5 Å². The van der Waals surface area contributed by atoms with Crippen molar-refractivity contribution in [3.63, 3.8) is 0 Å². The van der Waals surface area contributed by atoms with E-state index < -0.39 is 9.84 Å². The van der Waals surface area contributed by atoms with Crippen LogP contribution in [-0.2, 0) is 21.1 Å². The molecule has 0 unspecified atom stereocenters. The summed E-state index contributed by atoms with van der Waals surface area (Å²) >= 11 is 12.0. The molecule has 0 atom stereocenters. The van der Waals surface area contributed by atoms with Crippen LogP contribution in [0.3, 0.4) is 0 Å². The molecule has 2 aromatic rings. The number of sulfone groups is 1. The van der Waals surface area contributed by atoms with Gasteiger partial charge in [0.15, 0.2) is 9.84 Å². The molecule has 190 valence electrons. The molecule has 0 aromatic heterocycles. The smallest absolute Gasteiger partial charge is 0.222 e. The molecule has 0 spiro atoms. The average Bonchev–Trinajstić information content (AvgIpc) is 3.36. The molecule has 3 rings (SSSR count). The van der Waals surface area contributed by atoms with Gasteiger partial charge in [0.25, 0.3) is 0 Å². The highest BCUT2D eigenvalue weighted by molar-refractivity contribution is 7.91. The Bertz CT molecular complexity index is 1150. The summed E-state index contributed by atoms with van der Waals surface area (Å²) in [6.45, 7) is 6.72. The first-order chi connectivity index (χ1) is 16.7. The molecule has 1 aliphatic rings. The van der Waals surface area contributed by atoms with Crippen LogP contribution in [0.25, 0.3) is 0 Å². The predicted molar refractivity (Wildman–Crippen MR) is 142 cm³/mol. The lowest BCUT2D eigenvalue weighted by atomic mass is 10.1. The molecule has 2 aromatic carbocycles. The minimum Gasteiger partial charge on any atom is -0.368 e. The van der Waals surface area contributed by atoms with Crippen LogP contribution in [0.2, 0.25) is 10.0 Å². The number of hydrogen-bond donors (Lipinski definition) is 2. The van der Waals surface area contributed by atoms with Crippen LogP contribution in [0.5, 0.6) is 0 Å². The predicted octanol–water partition coefficient (Wildman–Crippen LogP) is 3.92. The Morgan fingerprint density at radius 1 is 1.17 bits per heavy atom. The summed E-state index contributed by atoms with van der Waals surface area (Å²) in [5.41, 5.74) is 2.24. The number of aliphatic imine (C=N–C) groups is 1. The molecule has 1 aliphatic heterocycles. The number of carbonyl (C=O) groups excluding carboxylic acids is 1. The van der Waals surface area contributed by atoms with Crippen molar-refractivity contribution in [2.45, 2.75) is 44.0 Å². The van der Waals surface area contributed by atoms with Crippen molar-refractivity contribution in [1.29, 1.82) is 0 Å². The van der Waals surface area contributed by atoms with Gasteiger partial charge in [0.2, 0.25) is 5.91 Å². The van der Waals surface area contributed by atoms with Crippen molar-refractivity contribution in [1.82, 2.24) is 15.5 Å². The van der Waals surface area contributed by atoms with Gasteiger partial charge in [-0.2, -0.15) is 0 Å². The second kappa shape index (κ2) is 12.7. The van der Waals surface area contributed by atoms with Gasteiger partial charge in [0.1, 0.15) is 11.7 Å². The number of rotatable bonds is 12. The summed E-state index contributed by atoms with van der Waals surface area (Å²) in [5.74, 6) is 0.726. The number of benzene rings is 2. The van der Waals surface area contributed by atoms with Crippen LogP contribution in [-0.4, -0.2) is 63.2 Å². The third kappa shape index (κ3) is 7.67. The molecule has 2 N–H and O–H groups in total. The van der Waals surface area contributed by atoms with E-state index in [9.17, 15) is 13.2 Å². The normalized spacial score (nSPS) is 13.6. The maximum absolute atomic E-state index is 12.8. The monoisotopic (exact) mass is 538 g/mol. The highest BCUT2D eigenvalue weighted by Crippen LogP contribution is 2.29. The lowest BCUT2D eigenvalue weighted by Crippen LogP contribution is -2.38. The number of carbonyl (C=O) groups is 1. The fourth-order valence-electron chi connectivity index (χ4n) is 3.86. The lowest BCUT2D eigenvalue weighted by Gasteiger charge is -2.27. The molecule has 0 radical (unpaired) electrons. The number of amides is 1. The lowest BCUT2D eigenvalue weighted by molar-refractivity contribution is -0.132. The van der Waals surface area contributed by atoms with E-state index in [0.29, 0.717) is 25.9 Å². The van der Waals surface area contributed by atoms with Crippen LogP contribution >= 0.6 is 23.2 Å². The molecule has 0 bridgehead atoms. The fourth-order valence-corrected chi connectivity index (χ4v) is 5.80. The SMILES string of the molecule is CC(C)N(CCc1ccc(C2=NCCN2)cc1)C(=O)CCCNCS(=O)(=O)c1cccc(Cl)c1Cl. The van der Waals surface area contributed by atoms with Gasteiger partial charge in [-0.25, -0.2) is 8.42 Å². The van der Waals surface area contributed by atoms with Crippen molar-refractivity contribution in [3.05, 3.63) is 63.6 Å². The van der Waals surface area contributed by atoms with Gasteiger partial charge >= 0.3 is 0 Å². The molecule has 35 heavy (non-hydrogen) atoms. The van der Waals surface area contributed by atoms with Gasteiger partial charge in [-0.15, -0.1) is 0 Å². The van der Waals surface area contributed by atoms with Gasteiger partial charge in [0, 0.05) is 31.1 Å². The van der Waals surface area contributed by atoms with Crippen LogP contribution in [0, 0.1) is 0 Å². The summed E-state index contributed by atoms with van der Waals surface area (Å²) in [7, 11) is -3.63. The summed E-state index contributed by atoms with van der Waals surface area (Å²) < 4.78 is 25.0. The fraction of sp³-hybridized carbons (Fsp3) is 0.440. The molecule has 0 aliphatic carbocycles. The summed E-state index contributed by atoms with van der Waals surface area (Å²) in [6.07, 6.45) is 1.64. The molecule has 1 amide bonds. The zero-order chi connectivity index (χ0) is 25.4. The second-order valence-electron chi connectivity index (χ2n) is 8.70. The first-order valence-electron chi connectivity index (χ1n) is 11.7. The van der Waals surface area contributed by atoms with E-state index in [1.54, 1.807) is 12.1 Å². The van der Waals surface area contributed by atoms with E-state index in [4.69, 9.17) is 23.2 Å². The minimum absolute atomic E-state index is 0.00162. The Morgan fingerprint density at radius 3 is 2.57 bits per heavy atom. The molecule has 10 heteroatoms. The van der Waals surface area contributed by atoms with Gasteiger partial charge < -0.3 is 15.5 Å². The van der Waals surface area contributed by atoms with E-state index >= 15 is 0 Å². The maximum atomic E-state index is 12.8. The second-order valence-corrected chi connectivity index (χ2v) is 11.4. The minimum atomic E-state index is -3.63. The molecular weight excluding hydrogens is 507 g/mol. The number of amidine groups is 1. The highest BCUT2D eigenvalue weighted by Gasteiger charge is 2.20. The van der Waals surface area contributed by atoms with Crippen molar-refractivity contribution >= 4 is 44.8 Å². The summed E-state index contributed by atoms with van der Waals surface area (Å²) in [4.78, 5) is 19.1. The van der Waals surface area contributed by atoms with Crippen molar-refractivity contribution in [3.8, 4) is 0 Å². The Kier molecular flexibility index (Phi) is 9.98. The molecule has 1 heterocycles. The van der Waals surface area contributed by atoms with Crippen molar-refractivity contribution in [2.75, 3.05) is 32.1 Å². The molecule has 0 saturated carbocycles. The number of hydrogen-bond acceptors (Lipinski definition) is 6. The van der Waals surface area contributed by atoms with Gasteiger partial charge in [-0.3, -0.25) is 9.79 Å². The van der Waals surface area contributed by atoms with Gasteiger partial charge in [-0.1, -0.05) is 53.5 Å². The molecule has 0 saturated heterocycles. The standard InChI is InChI=1S/C25H32Cl2N4O3S/c1-18(2)31(16-12-19-8-10-20(11-9-19)25-29-14-15-30-25)23(32)7-4-13-28-17-35(33,34)22-6-3-5-21(26)24(22)27/h3,5-6,8-11,18,28H,4,7,12-17H2,1-2H3,(H,29,30). The Hall–Kier alpha value is -2.13. The van der Waals surface area contributed by atoms with Crippen LogP contribution in [0.15, 0.2) is 52.4 Å². The van der Waals surface area contributed by atoms with Crippen molar-refractivity contribution in [2.24, 2.45) is 4.99 Å².